The highest BCUT2D eigenvalue weighted by atomic mass is 16.2. The molecule has 1 N–H and O–H groups in total. The van der Waals surface area contributed by atoms with Crippen molar-refractivity contribution >= 4 is 17.7 Å². The second-order valence-electron chi connectivity index (χ2n) is 5.04. The molecule has 0 radical (unpaired) electrons. The highest BCUT2D eigenvalue weighted by Crippen LogP contribution is 2.32. The van der Waals surface area contributed by atoms with Crippen LogP contribution in [0.4, 0.5) is 11.8 Å². The maximum atomic E-state index is 11.7. The van der Waals surface area contributed by atoms with Gasteiger partial charge < -0.3 is 10.2 Å². The van der Waals surface area contributed by atoms with E-state index in [1.807, 2.05) is 17.0 Å². The second kappa shape index (κ2) is 5.87. The zero-order valence-electron chi connectivity index (χ0n) is 11.9. The van der Waals surface area contributed by atoms with Gasteiger partial charge >= 0.3 is 0 Å². The predicted octanol–water partition coefficient (Wildman–Crippen LogP) is 2.30. The minimum absolute atomic E-state index is 0.121. The molecule has 2 aromatic rings. The van der Waals surface area contributed by atoms with Crippen molar-refractivity contribution in [1.82, 2.24) is 19.9 Å². The SMILES string of the molecule is CC(=O)N1CCC[C@@H]1c1ccnc(Nc2ncccn2)c1. The van der Waals surface area contributed by atoms with E-state index in [4.69, 9.17) is 0 Å². The molecule has 0 aromatic carbocycles. The van der Waals surface area contributed by atoms with E-state index < -0.39 is 0 Å². The fraction of sp³-hybridized carbons (Fsp3) is 0.333. The lowest BCUT2D eigenvalue weighted by molar-refractivity contribution is -0.129. The van der Waals surface area contributed by atoms with Crippen LogP contribution in [-0.2, 0) is 4.79 Å². The second-order valence-corrected chi connectivity index (χ2v) is 5.04. The van der Waals surface area contributed by atoms with Gasteiger partial charge in [0, 0.05) is 32.1 Å². The van der Waals surface area contributed by atoms with Gasteiger partial charge in [0.1, 0.15) is 5.82 Å². The molecule has 3 heterocycles. The summed E-state index contributed by atoms with van der Waals surface area (Å²) >= 11 is 0. The molecule has 0 saturated carbocycles. The number of anilines is 2. The quantitative estimate of drug-likeness (QED) is 0.935. The van der Waals surface area contributed by atoms with E-state index in [1.54, 1.807) is 31.6 Å². The van der Waals surface area contributed by atoms with Crippen LogP contribution in [0.1, 0.15) is 31.4 Å². The van der Waals surface area contributed by atoms with E-state index in [2.05, 4.69) is 20.3 Å². The van der Waals surface area contributed by atoms with Crippen LogP contribution < -0.4 is 5.32 Å². The molecule has 6 nitrogen and oxygen atoms in total. The molecule has 1 aliphatic heterocycles. The third kappa shape index (κ3) is 2.99. The van der Waals surface area contributed by atoms with E-state index >= 15 is 0 Å². The van der Waals surface area contributed by atoms with Crippen molar-refractivity contribution in [2.45, 2.75) is 25.8 Å². The molecule has 1 amide bonds. The van der Waals surface area contributed by atoms with Gasteiger partial charge in [-0.25, -0.2) is 15.0 Å². The van der Waals surface area contributed by atoms with E-state index in [1.165, 1.54) is 0 Å². The molecular formula is C15H17N5O. The predicted molar refractivity (Wildman–Crippen MR) is 78.9 cm³/mol. The Hall–Kier alpha value is -2.50. The van der Waals surface area contributed by atoms with Crippen molar-refractivity contribution in [1.29, 1.82) is 0 Å². The molecule has 1 aliphatic rings. The van der Waals surface area contributed by atoms with Crippen LogP contribution in [0.3, 0.4) is 0 Å². The Kier molecular flexibility index (Phi) is 3.77. The van der Waals surface area contributed by atoms with Crippen molar-refractivity contribution < 1.29 is 4.79 Å². The van der Waals surface area contributed by atoms with Crippen molar-refractivity contribution in [2.24, 2.45) is 0 Å². The summed E-state index contributed by atoms with van der Waals surface area (Å²) in [5.74, 6) is 1.32. The Labute approximate surface area is 123 Å². The number of rotatable bonds is 3. The fourth-order valence-corrected chi connectivity index (χ4v) is 2.69. The van der Waals surface area contributed by atoms with E-state index in [9.17, 15) is 4.79 Å². The van der Waals surface area contributed by atoms with Gasteiger partial charge in [0.15, 0.2) is 0 Å². The van der Waals surface area contributed by atoms with E-state index in [0.717, 1.165) is 24.9 Å². The van der Waals surface area contributed by atoms with Crippen molar-refractivity contribution in [2.75, 3.05) is 11.9 Å². The van der Waals surface area contributed by atoms with Crippen LogP contribution in [0, 0.1) is 0 Å². The van der Waals surface area contributed by atoms with E-state index in [-0.39, 0.29) is 11.9 Å². The summed E-state index contributed by atoms with van der Waals surface area (Å²) < 4.78 is 0. The number of aromatic nitrogens is 3. The smallest absolute Gasteiger partial charge is 0.228 e. The van der Waals surface area contributed by atoms with Gasteiger partial charge in [0.25, 0.3) is 0 Å². The molecule has 1 fully saturated rings. The number of pyridine rings is 1. The summed E-state index contributed by atoms with van der Waals surface area (Å²) in [6, 6.07) is 5.83. The van der Waals surface area contributed by atoms with Crippen LogP contribution in [0.15, 0.2) is 36.8 Å². The molecule has 2 aromatic heterocycles. The van der Waals surface area contributed by atoms with Crippen LogP contribution in [0.5, 0.6) is 0 Å². The Morgan fingerprint density at radius 3 is 2.86 bits per heavy atom. The van der Waals surface area contributed by atoms with Crippen molar-refractivity contribution in [3.05, 3.63) is 42.4 Å². The standard InChI is InChI=1S/C15H17N5O/c1-11(21)20-9-2-4-13(20)12-5-8-16-14(10-12)19-15-17-6-3-7-18-15/h3,5-8,10,13H,2,4,9H2,1H3,(H,16,17,18,19)/t13-/m1/s1. The normalized spacial score (nSPS) is 17.8. The van der Waals surface area contributed by atoms with E-state index in [0.29, 0.717) is 11.8 Å². The summed E-state index contributed by atoms with van der Waals surface area (Å²) in [6.07, 6.45) is 7.13. The van der Waals surface area contributed by atoms with Gasteiger partial charge in [0.05, 0.1) is 6.04 Å². The lowest BCUT2D eigenvalue weighted by Gasteiger charge is -2.23. The molecule has 0 aliphatic carbocycles. The average Bonchev–Trinajstić information content (AvgIpc) is 2.98. The highest BCUT2D eigenvalue weighted by Gasteiger charge is 2.27. The Morgan fingerprint density at radius 1 is 1.29 bits per heavy atom. The van der Waals surface area contributed by atoms with Crippen molar-refractivity contribution in [3.63, 3.8) is 0 Å². The van der Waals surface area contributed by atoms with Crippen molar-refractivity contribution in [3.8, 4) is 0 Å². The Bertz CT molecular complexity index is 631. The molecule has 1 atom stereocenters. The first kappa shape index (κ1) is 13.5. The van der Waals surface area contributed by atoms with Gasteiger partial charge in [-0.15, -0.1) is 0 Å². The first-order valence-corrected chi connectivity index (χ1v) is 7.01. The van der Waals surface area contributed by atoms with Crippen LogP contribution in [0.2, 0.25) is 0 Å². The molecule has 21 heavy (non-hydrogen) atoms. The average molecular weight is 283 g/mol. The number of amides is 1. The lowest BCUT2D eigenvalue weighted by Crippen LogP contribution is -2.28. The summed E-state index contributed by atoms with van der Waals surface area (Å²) in [4.78, 5) is 26.1. The molecule has 0 bridgehead atoms. The summed E-state index contributed by atoms with van der Waals surface area (Å²) in [6.45, 7) is 2.45. The summed E-state index contributed by atoms with van der Waals surface area (Å²) in [5.41, 5.74) is 1.09. The fourth-order valence-electron chi connectivity index (χ4n) is 2.69. The van der Waals surface area contributed by atoms with Crippen LogP contribution in [-0.4, -0.2) is 32.3 Å². The summed E-state index contributed by atoms with van der Waals surface area (Å²) in [5, 5.41) is 3.08. The number of nitrogens with zero attached hydrogens (tertiary/aromatic N) is 4. The minimum Gasteiger partial charge on any atom is -0.336 e. The van der Waals surface area contributed by atoms with Gasteiger partial charge in [-0.2, -0.15) is 0 Å². The van der Waals surface area contributed by atoms with Crippen LogP contribution in [0.25, 0.3) is 0 Å². The van der Waals surface area contributed by atoms with Gasteiger partial charge in [0.2, 0.25) is 11.9 Å². The maximum Gasteiger partial charge on any atom is 0.228 e. The maximum absolute atomic E-state index is 11.7. The number of carbonyl (C=O) groups is 1. The lowest BCUT2D eigenvalue weighted by atomic mass is 10.1. The topological polar surface area (TPSA) is 71.0 Å². The number of hydrogen-bond acceptors (Lipinski definition) is 5. The third-order valence-electron chi connectivity index (χ3n) is 3.63. The largest absolute Gasteiger partial charge is 0.336 e. The van der Waals surface area contributed by atoms with Gasteiger partial charge in [-0.1, -0.05) is 0 Å². The zero-order valence-corrected chi connectivity index (χ0v) is 11.9. The molecule has 6 heteroatoms. The first-order valence-electron chi connectivity index (χ1n) is 7.01. The molecular weight excluding hydrogens is 266 g/mol. The molecule has 108 valence electrons. The zero-order chi connectivity index (χ0) is 14.7. The molecule has 0 unspecified atom stereocenters. The Morgan fingerprint density at radius 2 is 2.10 bits per heavy atom. The minimum atomic E-state index is 0.121. The number of nitrogens with one attached hydrogen (secondary N) is 1. The first-order chi connectivity index (χ1) is 10.2. The molecule has 3 rings (SSSR count). The third-order valence-corrected chi connectivity index (χ3v) is 3.63. The summed E-state index contributed by atoms with van der Waals surface area (Å²) in [7, 11) is 0. The molecule has 0 spiro atoms. The molecule has 1 saturated heterocycles. The Balaban J connectivity index is 1.81. The monoisotopic (exact) mass is 283 g/mol. The number of likely N-dealkylation sites (tertiary alicyclic amines) is 1. The number of hydrogen-bond donors (Lipinski definition) is 1. The van der Waals surface area contributed by atoms with Crippen LogP contribution >= 0.6 is 0 Å². The number of carbonyl (C=O) groups excluding carboxylic acids is 1. The van der Waals surface area contributed by atoms with Gasteiger partial charge in [-0.3, -0.25) is 4.79 Å². The highest BCUT2D eigenvalue weighted by molar-refractivity contribution is 5.74. The van der Waals surface area contributed by atoms with Gasteiger partial charge in [-0.05, 0) is 36.6 Å².